The zero-order valence-corrected chi connectivity index (χ0v) is 6.00. The van der Waals surface area contributed by atoms with Crippen LogP contribution in [0.2, 0.25) is 1.41 Å². The molecule has 1 amide bonds. The minimum atomic E-state index is -0.171. The summed E-state index contributed by atoms with van der Waals surface area (Å²) in [5.41, 5.74) is 2.69. The molecule has 0 atom stereocenters. The first-order valence-electron chi connectivity index (χ1n) is 3.82. The summed E-state index contributed by atoms with van der Waals surface area (Å²) in [5, 5.41) is 2.51. The molecule has 1 rings (SSSR count). The van der Waals surface area contributed by atoms with Crippen molar-refractivity contribution >= 4 is 5.91 Å². The molecule has 58 valence electrons. The third kappa shape index (κ3) is 2.05. The number of rotatable bonds is 3. The molecular weight excluding hydrogens is 140 g/mol. The van der Waals surface area contributed by atoms with Crippen LogP contribution in [0.1, 0.15) is 10.4 Å². The van der Waals surface area contributed by atoms with Gasteiger partial charge in [0.2, 0.25) is 0 Å². The van der Waals surface area contributed by atoms with Crippen LogP contribution in [0.25, 0.3) is 0 Å². The first kappa shape index (κ1) is 6.37. The van der Waals surface area contributed by atoms with E-state index < -0.39 is 0 Å². The lowest BCUT2D eigenvalue weighted by Crippen LogP contribution is -2.29. The summed E-state index contributed by atoms with van der Waals surface area (Å²) in [6, 6.07) is 8.88. The molecule has 0 unspecified atom stereocenters. The fourth-order valence-electron chi connectivity index (χ4n) is 0.772. The monoisotopic (exact) mass is 151 g/mol. The van der Waals surface area contributed by atoms with Gasteiger partial charge >= 0.3 is 0 Å². The van der Waals surface area contributed by atoms with Gasteiger partial charge in [-0.15, -0.1) is 0 Å². The molecule has 0 fully saturated rings. The van der Waals surface area contributed by atoms with E-state index in [1.807, 2.05) is 6.07 Å². The summed E-state index contributed by atoms with van der Waals surface area (Å²) in [4.78, 5) is 11.2. The number of carbonyl (C=O) groups excluding carboxylic acids is 1. The van der Waals surface area contributed by atoms with Crippen LogP contribution in [-0.4, -0.2) is 12.6 Å². The highest BCUT2D eigenvalue weighted by Gasteiger charge is 1.99. The Kier molecular flexibility index (Phi) is 2.16. The van der Waals surface area contributed by atoms with Crippen LogP contribution in [0.4, 0.5) is 0 Å². The lowest BCUT2D eigenvalue weighted by atomic mass is 10.2. The Balaban J connectivity index is 2.54. The smallest absolute Gasteiger partial charge is 0.252 e. The van der Waals surface area contributed by atoms with Gasteiger partial charge in [-0.1, -0.05) is 18.2 Å². The molecule has 1 aromatic carbocycles. The van der Waals surface area contributed by atoms with Gasteiger partial charge in [0.15, 0.2) is 0 Å². The normalized spacial score (nSPS) is 10.4. The molecule has 3 heteroatoms. The van der Waals surface area contributed by atoms with Crippen molar-refractivity contribution in [2.75, 3.05) is 6.67 Å². The second kappa shape index (κ2) is 3.73. The molecule has 0 saturated heterocycles. The van der Waals surface area contributed by atoms with E-state index in [2.05, 4.69) is 11.0 Å². The fourth-order valence-corrected chi connectivity index (χ4v) is 0.772. The minimum absolute atomic E-state index is 0.160. The Hall–Kier alpha value is -1.35. The summed E-state index contributed by atoms with van der Waals surface area (Å²) < 4.78 is 6.59. The average Bonchev–Trinajstić information content (AvgIpc) is 2.15. The Morgan fingerprint density at radius 1 is 1.55 bits per heavy atom. The van der Waals surface area contributed by atoms with Gasteiger partial charge in [0, 0.05) is 5.56 Å². The number of nitrogens with one attached hydrogen (secondary N) is 1. The number of carbonyl (C=O) groups is 1. The molecule has 3 nitrogen and oxygen atoms in total. The Bertz CT molecular complexity index is 250. The molecule has 0 aliphatic rings. The van der Waals surface area contributed by atoms with Gasteiger partial charge in [0.05, 0.1) is 6.67 Å². The van der Waals surface area contributed by atoms with E-state index in [0.717, 1.165) is 0 Å². The Morgan fingerprint density at radius 3 is 2.91 bits per heavy atom. The Labute approximate surface area is 66.7 Å². The molecule has 0 aliphatic carbocycles. The largest absolute Gasteiger partial charge is 0.340 e. The molecule has 0 aromatic heterocycles. The Morgan fingerprint density at radius 2 is 2.27 bits per heavy atom. The predicted octanol–water partition coefficient (Wildman–Crippen LogP) is 0.333. The van der Waals surface area contributed by atoms with Gasteiger partial charge in [-0.3, -0.25) is 4.79 Å². The summed E-state index contributed by atoms with van der Waals surface area (Å²) in [7, 11) is 0. The van der Waals surface area contributed by atoms with Crippen LogP contribution in [0, 0.1) is 0 Å². The standard InChI is InChI=1S/C8H10N2O/c9-6-10-8(11)7-4-2-1-3-5-7/h1-5H,6,9H2,(H,10,11)/i/hD. The number of nitrogens with two attached hydrogens (primary N) is 1. The molecule has 0 spiro atoms. The number of hydrogen-bond acceptors (Lipinski definition) is 2. The molecule has 3 N–H and O–H groups in total. The highest BCUT2D eigenvalue weighted by Crippen LogP contribution is 1.96. The van der Waals surface area contributed by atoms with E-state index in [0.29, 0.717) is 5.56 Å². The maximum Gasteiger partial charge on any atom is 0.252 e. The summed E-state index contributed by atoms with van der Waals surface area (Å²) in [5.74, 6) is -0.171. The van der Waals surface area contributed by atoms with Crippen molar-refractivity contribution in [2.24, 2.45) is 5.73 Å². The third-order valence-corrected chi connectivity index (χ3v) is 1.28. The highest BCUT2D eigenvalue weighted by molar-refractivity contribution is 5.93. The van der Waals surface area contributed by atoms with Gasteiger partial charge in [-0.2, -0.15) is 0 Å². The topological polar surface area (TPSA) is 55.1 Å². The minimum Gasteiger partial charge on any atom is -0.340 e. The van der Waals surface area contributed by atoms with Crippen LogP contribution in [0.5, 0.6) is 0 Å². The van der Waals surface area contributed by atoms with Crippen molar-refractivity contribution in [2.45, 2.75) is 0 Å². The number of hydrogen-bond donors (Lipinski definition) is 2. The van der Waals surface area contributed by atoms with Gasteiger partial charge in [0.1, 0.15) is 1.41 Å². The molecule has 0 aliphatic heterocycles. The van der Waals surface area contributed by atoms with Crippen molar-refractivity contribution in [1.29, 1.82) is 0 Å². The molecule has 0 saturated carbocycles. The number of benzene rings is 1. The van der Waals surface area contributed by atoms with Crippen molar-refractivity contribution in [3.63, 3.8) is 0 Å². The summed E-state index contributed by atoms with van der Waals surface area (Å²) in [6.45, 7) is 0.160. The van der Waals surface area contributed by atoms with Crippen LogP contribution < -0.4 is 11.0 Å². The van der Waals surface area contributed by atoms with Gasteiger partial charge in [0.25, 0.3) is 5.91 Å². The molecule has 11 heavy (non-hydrogen) atoms. The second-order valence-electron chi connectivity index (χ2n) is 2.05. The fraction of sp³-hybridized carbons (Fsp3) is 0.125. The van der Waals surface area contributed by atoms with Crippen molar-refractivity contribution in [3.05, 3.63) is 35.9 Å². The first-order chi connectivity index (χ1) is 5.84. The highest BCUT2D eigenvalue weighted by atomic mass is 16.1. The SMILES string of the molecule is [2H]NCNC(=O)c1ccccc1. The zero-order valence-electron chi connectivity index (χ0n) is 7.00. The van der Waals surface area contributed by atoms with Gasteiger partial charge in [-0.05, 0) is 12.1 Å². The zero-order chi connectivity index (χ0) is 8.81. The quantitative estimate of drug-likeness (QED) is 0.612. The van der Waals surface area contributed by atoms with Crippen molar-refractivity contribution in [1.82, 2.24) is 5.32 Å². The van der Waals surface area contributed by atoms with Crippen molar-refractivity contribution < 1.29 is 6.21 Å². The average molecular weight is 151 g/mol. The van der Waals surface area contributed by atoms with E-state index in [1.165, 1.54) is 0 Å². The van der Waals surface area contributed by atoms with Crippen LogP contribution >= 0.6 is 0 Å². The maximum atomic E-state index is 11.2. The van der Waals surface area contributed by atoms with Gasteiger partial charge in [-0.25, -0.2) is 0 Å². The van der Waals surface area contributed by atoms with Crippen molar-refractivity contribution in [3.8, 4) is 0 Å². The van der Waals surface area contributed by atoms with E-state index in [4.69, 9.17) is 1.41 Å². The molecule has 0 bridgehead atoms. The van der Waals surface area contributed by atoms with Gasteiger partial charge < -0.3 is 11.0 Å². The third-order valence-electron chi connectivity index (χ3n) is 1.28. The summed E-state index contributed by atoms with van der Waals surface area (Å²) in [6.07, 6.45) is 0. The molecule has 0 radical (unpaired) electrons. The lowest BCUT2D eigenvalue weighted by Gasteiger charge is -1.99. The first-order valence-corrected chi connectivity index (χ1v) is 3.32. The predicted molar refractivity (Wildman–Crippen MR) is 43.0 cm³/mol. The van der Waals surface area contributed by atoms with E-state index >= 15 is 0 Å². The lowest BCUT2D eigenvalue weighted by molar-refractivity contribution is 0.0955. The van der Waals surface area contributed by atoms with Crippen LogP contribution in [0.3, 0.4) is 0 Å². The van der Waals surface area contributed by atoms with Crippen LogP contribution in [0.15, 0.2) is 30.3 Å². The van der Waals surface area contributed by atoms with E-state index in [9.17, 15) is 4.79 Å². The van der Waals surface area contributed by atoms with E-state index in [-0.39, 0.29) is 12.6 Å². The molecule has 0 heterocycles. The second-order valence-corrected chi connectivity index (χ2v) is 2.05. The summed E-state index contributed by atoms with van der Waals surface area (Å²) >= 11 is 0. The molecule has 1 aromatic rings. The molecular formula is C8H10N2O. The number of amides is 1. The van der Waals surface area contributed by atoms with Crippen LogP contribution in [-0.2, 0) is 0 Å². The van der Waals surface area contributed by atoms with E-state index in [1.54, 1.807) is 24.3 Å². The maximum absolute atomic E-state index is 11.2.